The molecule has 0 aliphatic carbocycles. The number of carbonyl (C=O) groups excluding carboxylic acids is 1. The van der Waals surface area contributed by atoms with Gasteiger partial charge in [-0.3, -0.25) is 9.52 Å². The Morgan fingerprint density at radius 1 is 0.951 bits per heavy atom. The number of anilines is 2. The summed E-state index contributed by atoms with van der Waals surface area (Å²) in [5, 5.41) is 13.1. The molecule has 0 radical (unpaired) electrons. The third-order valence-electron chi connectivity index (χ3n) is 5.67. The molecule has 3 aromatic rings. The zero-order valence-electron chi connectivity index (χ0n) is 21.2. The molecule has 4 N–H and O–H groups in total. The molecule has 0 spiro atoms. The van der Waals surface area contributed by atoms with Crippen molar-refractivity contribution in [3.05, 3.63) is 89.5 Å². The zero-order chi connectivity index (χ0) is 30.2. The molecule has 1 aliphatic rings. The van der Waals surface area contributed by atoms with Crippen LogP contribution in [-0.4, -0.2) is 57.8 Å². The number of nitrogens with zero attached hydrogens (tertiary/aromatic N) is 1. The molecule has 15 heteroatoms. The van der Waals surface area contributed by atoms with Crippen molar-refractivity contribution in [1.29, 1.82) is 0 Å². The number of hydrogen-bond donors (Lipinski definition) is 4. The van der Waals surface area contributed by atoms with Gasteiger partial charge in [0.2, 0.25) is 0 Å². The van der Waals surface area contributed by atoms with Crippen molar-refractivity contribution in [2.24, 2.45) is 0 Å². The summed E-state index contributed by atoms with van der Waals surface area (Å²) < 4.78 is 87.7. The number of hydrogen-bond acceptors (Lipinski definition) is 6. The first-order valence-corrected chi connectivity index (χ1v) is 13.5. The van der Waals surface area contributed by atoms with E-state index >= 15 is 0 Å². The number of aliphatic carboxylic acids is 1. The Morgan fingerprint density at radius 2 is 1.61 bits per heavy atom. The van der Waals surface area contributed by atoms with Crippen LogP contribution < -0.4 is 20.3 Å². The van der Waals surface area contributed by atoms with Crippen LogP contribution in [0.5, 0.6) is 0 Å². The first-order chi connectivity index (χ1) is 19.3. The maximum Gasteiger partial charge on any atom is 0.490 e. The van der Waals surface area contributed by atoms with E-state index in [0.29, 0.717) is 24.3 Å². The number of sulfonamides is 1. The second-order valence-corrected chi connectivity index (χ2v) is 10.3. The maximum atomic E-state index is 14.2. The van der Waals surface area contributed by atoms with E-state index in [-0.39, 0.29) is 17.8 Å². The van der Waals surface area contributed by atoms with Gasteiger partial charge < -0.3 is 20.6 Å². The molecular weight excluding hydrogens is 575 g/mol. The van der Waals surface area contributed by atoms with E-state index in [9.17, 15) is 35.2 Å². The molecule has 4 rings (SSSR count). The smallest absolute Gasteiger partial charge is 0.475 e. The molecule has 1 heterocycles. The van der Waals surface area contributed by atoms with E-state index in [1.165, 1.54) is 36.4 Å². The van der Waals surface area contributed by atoms with Crippen molar-refractivity contribution < 1.29 is 45.1 Å². The number of piperazine rings is 1. The van der Waals surface area contributed by atoms with Crippen LogP contribution in [0.25, 0.3) is 0 Å². The minimum Gasteiger partial charge on any atom is -0.475 e. The van der Waals surface area contributed by atoms with Crippen LogP contribution in [0, 0.1) is 11.6 Å². The van der Waals surface area contributed by atoms with Gasteiger partial charge >= 0.3 is 12.1 Å². The van der Waals surface area contributed by atoms with Crippen molar-refractivity contribution in [2.45, 2.75) is 17.6 Å². The molecule has 1 aliphatic heterocycles. The molecule has 0 unspecified atom stereocenters. The Balaban J connectivity index is 0.000000587. The highest BCUT2D eigenvalue weighted by molar-refractivity contribution is 7.92. The Hall–Kier alpha value is -4.24. The Morgan fingerprint density at radius 3 is 2.22 bits per heavy atom. The largest absolute Gasteiger partial charge is 0.490 e. The average molecular weight is 601 g/mol. The number of halogens is 5. The summed E-state index contributed by atoms with van der Waals surface area (Å²) in [5.41, 5.74) is 1.56. The van der Waals surface area contributed by atoms with Crippen molar-refractivity contribution in [3.63, 3.8) is 0 Å². The quantitative estimate of drug-likeness (QED) is 0.305. The minimum absolute atomic E-state index is 0.104. The molecule has 1 fully saturated rings. The molecular formula is C26H25F5N4O5S. The SMILES string of the molecule is O=C(NCc1cccc(F)c1)c1ccc(N2CCNCC2)c(NS(=O)(=O)c2ccccc2F)c1.O=C(O)C(F)(F)F. The van der Waals surface area contributed by atoms with Gasteiger partial charge in [-0.15, -0.1) is 0 Å². The molecule has 41 heavy (non-hydrogen) atoms. The predicted octanol–water partition coefficient (Wildman–Crippen LogP) is 3.74. The van der Waals surface area contributed by atoms with Gasteiger partial charge in [0.25, 0.3) is 15.9 Å². The summed E-state index contributed by atoms with van der Waals surface area (Å²) in [6.07, 6.45) is -5.08. The van der Waals surface area contributed by atoms with Crippen LogP contribution in [0.4, 0.5) is 33.3 Å². The lowest BCUT2D eigenvalue weighted by atomic mass is 10.1. The molecule has 0 saturated carbocycles. The fourth-order valence-corrected chi connectivity index (χ4v) is 4.88. The van der Waals surface area contributed by atoms with Crippen molar-refractivity contribution >= 4 is 33.3 Å². The first-order valence-electron chi connectivity index (χ1n) is 12.0. The van der Waals surface area contributed by atoms with Crippen molar-refractivity contribution in [2.75, 3.05) is 35.8 Å². The lowest BCUT2D eigenvalue weighted by molar-refractivity contribution is -0.192. The van der Waals surface area contributed by atoms with E-state index in [1.54, 1.807) is 24.3 Å². The molecule has 3 aromatic carbocycles. The van der Waals surface area contributed by atoms with E-state index in [1.807, 2.05) is 4.90 Å². The first kappa shape index (κ1) is 31.3. The van der Waals surface area contributed by atoms with Crippen LogP contribution in [-0.2, 0) is 21.4 Å². The van der Waals surface area contributed by atoms with Gasteiger partial charge in [0, 0.05) is 38.3 Å². The third kappa shape index (κ3) is 8.88. The number of carboxylic acids is 1. The molecule has 0 atom stereocenters. The standard InChI is InChI=1S/C24H24F2N4O3S.C2HF3O2/c25-19-5-3-4-17(14-19)16-28-24(31)18-8-9-22(30-12-10-27-11-13-30)21(15-18)29-34(32,33)23-7-2-1-6-20(23)26;3-2(4,5)1(6)7/h1-9,14-15,27,29H,10-13,16H2,(H,28,31);(H,6,7). The van der Waals surface area contributed by atoms with E-state index in [4.69, 9.17) is 9.90 Å². The average Bonchev–Trinajstić information content (AvgIpc) is 2.92. The fourth-order valence-electron chi connectivity index (χ4n) is 3.73. The molecule has 1 saturated heterocycles. The monoisotopic (exact) mass is 600 g/mol. The van der Waals surface area contributed by atoms with Gasteiger partial charge in [0.1, 0.15) is 16.5 Å². The Labute approximate surface area is 232 Å². The highest BCUT2D eigenvalue weighted by Crippen LogP contribution is 2.30. The molecule has 0 bridgehead atoms. The highest BCUT2D eigenvalue weighted by Gasteiger charge is 2.38. The van der Waals surface area contributed by atoms with Gasteiger partial charge in [-0.05, 0) is 48.0 Å². The zero-order valence-corrected chi connectivity index (χ0v) is 22.0. The lowest BCUT2D eigenvalue weighted by Gasteiger charge is -2.31. The lowest BCUT2D eigenvalue weighted by Crippen LogP contribution is -2.43. The van der Waals surface area contributed by atoms with E-state index in [0.717, 1.165) is 19.2 Å². The van der Waals surface area contributed by atoms with Gasteiger partial charge in [0.15, 0.2) is 0 Å². The summed E-state index contributed by atoms with van der Waals surface area (Å²) in [5.74, 6) is -4.49. The van der Waals surface area contributed by atoms with Crippen LogP contribution in [0.2, 0.25) is 0 Å². The number of carbonyl (C=O) groups is 2. The summed E-state index contributed by atoms with van der Waals surface area (Å²) in [4.78, 5) is 23.2. The van der Waals surface area contributed by atoms with Gasteiger partial charge in [-0.1, -0.05) is 24.3 Å². The normalized spacial score (nSPS) is 13.5. The van der Waals surface area contributed by atoms with E-state index in [2.05, 4.69) is 15.4 Å². The topological polar surface area (TPSA) is 128 Å². The Kier molecular flexibility index (Phi) is 10.2. The van der Waals surface area contributed by atoms with Crippen LogP contribution in [0.1, 0.15) is 15.9 Å². The summed E-state index contributed by atoms with van der Waals surface area (Å²) in [7, 11) is -4.25. The number of carboxylic acid groups (broad SMARTS) is 1. The number of rotatable bonds is 7. The Bertz CT molecular complexity index is 1500. The number of benzene rings is 3. The number of alkyl halides is 3. The van der Waals surface area contributed by atoms with Crippen LogP contribution in [0.3, 0.4) is 0 Å². The second kappa shape index (κ2) is 13.4. The van der Waals surface area contributed by atoms with Crippen LogP contribution in [0.15, 0.2) is 71.6 Å². The summed E-state index contributed by atoms with van der Waals surface area (Å²) >= 11 is 0. The number of nitrogens with one attached hydrogen (secondary N) is 3. The van der Waals surface area contributed by atoms with Crippen LogP contribution >= 0.6 is 0 Å². The summed E-state index contributed by atoms with van der Waals surface area (Å²) in [6, 6.07) is 15.7. The minimum atomic E-state index is -5.08. The number of amides is 1. The molecule has 1 amide bonds. The molecule has 9 nitrogen and oxygen atoms in total. The summed E-state index contributed by atoms with van der Waals surface area (Å²) in [6.45, 7) is 2.82. The predicted molar refractivity (Wildman–Crippen MR) is 140 cm³/mol. The third-order valence-corrected chi connectivity index (χ3v) is 7.07. The van der Waals surface area contributed by atoms with Crippen molar-refractivity contribution in [3.8, 4) is 0 Å². The highest BCUT2D eigenvalue weighted by atomic mass is 32.2. The van der Waals surface area contributed by atoms with Gasteiger partial charge in [0.05, 0.1) is 11.4 Å². The van der Waals surface area contributed by atoms with Gasteiger partial charge in [-0.25, -0.2) is 22.0 Å². The molecule has 220 valence electrons. The maximum absolute atomic E-state index is 14.2. The molecule has 0 aromatic heterocycles. The van der Waals surface area contributed by atoms with Crippen molar-refractivity contribution in [1.82, 2.24) is 10.6 Å². The van der Waals surface area contributed by atoms with Gasteiger partial charge in [-0.2, -0.15) is 13.2 Å². The fraction of sp³-hybridized carbons (Fsp3) is 0.231. The van der Waals surface area contributed by atoms with E-state index < -0.39 is 44.6 Å². The second-order valence-electron chi connectivity index (χ2n) is 8.62.